The summed E-state index contributed by atoms with van der Waals surface area (Å²) in [5.41, 5.74) is 0.993. The van der Waals surface area contributed by atoms with Crippen LogP contribution in [0, 0.1) is 6.92 Å². The van der Waals surface area contributed by atoms with E-state index >= 15 is 0 Å². The summed E-state index contributed by atoms with van der Waals surface area (Å²) in [4.78, 5) is 0.175. The van der Waals surface area contributed by atoms with E-state index in [1.54, 1.807) is 12.1 Å². The molecule has 0 atom stereocenters. The largest absolute Gasteiger partial charge is 0.224 e. The molecule has 2 nitrogen and oxygen atoms in total. The van der Waals surface area contributed by atoms with Crippen LogP contribution in [-0.2, 0) is 9.46 Å². The Balaban J connectivity index is 3.17. The number of hydrogen-bond acceptors (Lipinski definition) is 2. The van der Waals surface area contributed by atoms with Crippen LogP contribution in [0.15, 0.2) is 29.2 Å². The Hall–Kier alpha value is 0.180. The highest BCUT2D eigenvalue weighted by Gasteiger charge is 2.23. The van der Waals surface area contributed by atoms with Crippen LogP contribution in [0.25, 0.3) is 0 Å². The molecule has 1 aromatic carbocycles. The smallest absolute Gasteiger partial charge is 0.217 e. The molecule has 1 rings (SSSR count). The number of rotatable bonds is 2. The van der Waals surface area contributed by atoms with Crippen LogP contribution in [-0.4, -0.2) is 8.42 Å². The molecule has 0 bridgehead atoms. The van der Waals surface area contributed by atoms with E-state index in [1.807, 2.05) is 6.92 Å². The van der Waals surface area contributed by atoms with Crippen LogP contribution >= 0.6 is 28.3 Å². The molecule has 0 N–H and O–H groups in total. The summed E-state index contributed by atoms with van der Waals surface area (Å²) >= 11 is 10.8. The molecule has 72 valence electrons. The van der Waals surface area contributed by atoms with Crippen molar-refractivity contribution in [3.63, 3.8) is 0 Å². The lowest BCUT2D eigenvalue weighted by molar-refractivity contribution is 0.610. The van der Waals surface area contributed by atoms with Gasteiger partial charge in [-0.05, 0) is 19.1 Å². The van der Waals surface area contributed by atoms with Crippen LogP contribution < -0.4 is 0 Å². The summed E-state index contributed by atoms with van der Waals surface area (Å²) in [5, 5.41) is 0. The van der Waals surface area contributed by atoms with Crippen molar-refractivity contribution in [3.05, 3.63) is 29.8 Å². The first kappa shape index (κ1) is 11.3. The Morgan fingerprint density at radius 1 is 1.15 bits per heavy atom. The fraction of sp³-hybridized carbons (Fsp3) is 0.143. The van der Waals surface area contributed by atoms with E-state index in [4.69, 9.17) is 22.5 Å². The molecule has 0 fully saturated rings. The summed E-state index contributed by atoms with van der Waals surface area (Å²) in [6.45, 7) is 1.88. The minimum absolute atomic E-state index is 0.175. The van der Waals surface area contributed by atoms with Gasteiger partial charge in [-0.2, -0.15) is 0 Å². The average molecular weight is 257 g/mol. The molecule has 0 aliphatic heterocycles. The first-order chi connectivity index (χ1) is 5.94. The second-order valence-corrected chi connectivity index (χ2v) is 10.6. The molecule has 0 spiro atoms. The molecule has 0 aliphatic carbocycles. The maximum absolute atomic E-state index is 11.4. The number of halogens is 2. The lowest BCUT2D eigenvalue weighted by Gasteiger charge is -2.03. The highest BCUT2D eigenvalue weighted by molar-refractivity contribution is 8.65. The second kappa shape index (κ2) is 4.14. The van der Waals surface area contributed by atoms with E-state index in [-0.39, 0.29) is 4.90 Å². The fourth-order valence-corrected chi connectivity index (χ4v) is 3.71. The number of hydrogen-bond donors (Lipinski definition) is 0. The second-order valence-electron chi connectivity index (χ2n) is 2.49. The summed E-state index contributed by atoms with van der Waals surface area (Å²) in [6.07, 6.45) is 0. The molecule has 0 saturated carbocycles. The van der Waals surface area contributed by atoms with Gasteiger partial charge in [-0.25, -0.2) is 8.42 Å². The minimum Gasteiger partial charge on any atom is -0.217 e. The molecule has 6 heteroatoms. The maximum Gasteiger partial charge on any atom is 0.224 e. The summed E-state index contributed by atoms with van der Waals surface area (Å²) in [7, 11) is -3.50. The normalized spacial score (nSPS) is 12.0. The van der Waals surface area contributed by atoms with E-state index in [0.29, 0.717) is 0 Å². The van der Waals surface area contributed by atoms with Gasteiger partial charge in [0.15, 0.2) is 0 Å². The van der Waals surface area contributed by atoms with Gasteiger partial charge in [-0.15, -0.1) is 0 Å². The van der Waals surface area contributed by atoms with Crippen LogP contribution in [0.2, 0.25) is 0 Å². The van der Waals surface area contributed by atoms with Crippen LogP contribution in [0.1, 0.15) is 5.56 Å². The Kier molecular flexibility index (Phi) is 3.58. The van der Waals surface area contributed by atoms with Crippen LogP contribution in [0.5, 0.6) is 0 Å². The predicted octanol–water partition coefficient (Wildman–Crippen LogP) is 3.47. The van der Waals surface area contributed by atoms with E-state index < -0.39 is 15.3 Å². The maximum atomic E-state index is 11.4. The first-order valence-electron chi connectivity index (χ1n) is 3.38. The first-order valence-corrected chi connectivity index (χ1v) is 8.62. The zero-order chi connectivity index (χ0) is 10.1. The molecule has 0 aliphatic rings. The van der Waals surface area contributed by atoms with Crippen molar-refractivity contribution in [1.82, 2.24) is 0 Å². The van der Waals surface area contributed by atoms with Crippen molar-refractivity contribution in [2.24, 2.45) is 0 Å². The molecule has 0 amide bonds. The zero-order valence-electron chi connectivity index (χ0n) is 6.74. The molecule has 1 aromatic rings. The highest BCUT2D eigenvalue weighted by atomic mass is 35.9. The molecule has 0 heterocycles. The van der Waals surface area contributed by atoms with Gasteiger partial charge in [0.25, 0.3) is 0 Å². The van der Waals surface area contributed by atoms with Gasteiger partial charge in [0.2, 0.25) is 15.3 Å². The van der Waals surface area contributed by atoms with Gasteiger partial charge < -0.3 is 0 Å². The Labute approximate surface area is 87.9 Å². The predicted molar refractivity (Wildman–Crippen MR) is 57.0 cm³/mol. The van der Waals surface area contributed by atoms with Crippen molar-refractivity contribution >= 4 is 37.8 Å². The lowest BCUT2D eigenvalue weighted by Crippen LogP contribution is -1.92. The van der Waals surface area contributed by atoms with E-state index in [1.165, 1.54) is 12.1 Å². The third kappa shape index (κ3) is 2.57. The van der Waals surface area contributed by atoms with Gasteiger partial charge in [-0.3, -0.25) is 0 Å². The van der Waals surface area contributed by atoms with Gasteiger partial charge in [0.1, 0.15) is 0 Å². The minimum atomic E-state index is -3.50. The Morgan fingerprint density at radius 2 is 1.62 bits per heavy atom. The summed E-state index contributed by atoms with van der Waals surface area (Å²) in [5.74, 6) is -2.01. The molecule has 13 heavy (non-hydrogen) atoms. The van der Waals surface area contributed by atoms with E-state index in [2.05, 4.69) is 0 Å². The SMILES string of the molecule is Cc1ccc(S(=O)(=O)P(Cl)Cl)cc1. The molecular formula is C7H7Cl2O2PS. The topological polar surface area (TPSA) is 34.1 Å². The summed E-state index contributed by atoms with van der Waals surface area (Å²) < 4.78 is 22.8. The van der Waals surface area contributed by atoms with Crippen molar-refractivity contribution in [2.45, 2.75) is 11.8 Å². The third-order valence-electron chi connectivity index (χ3n) is 1.50. The van der Waals surface area contributed by atoms with Crippen LogP contribution in [0.4, 0.5) is 0 Å². The number of aryl methyl sites for hydroxylation is 1. The Bertz CT molecular complexity index is 385. The average Bonchev–Trinajstić information content (AvgIpc) is 2.04. The molecule has 0 unspecified atom stereocenters. The molecule has 0 saturated heterocycles. The van der Waals surface area contributed by atoms with Crippen molar-refractivity contribution in [1.29, 1.82) is 0 Å². The van der Waals surface area contributed by atoms with Gasteiger partial charge in [0, 0.05) is 0 Å². The molecule has 0 radical (unpaired) electrons. The van der Waals surface area contributed by atoms with E-state index in [0.717, 1.165) is 5.56 Å². The molecule has 0 aromatic heterocycles. The zero-order valence-corrected chi connectivity index (χ0v) is 9.96. The highest BCUT2D eigenvalue weighted by Crippen LogP contribution is 2.56. The summed E-state index contributed by atoms with van der Waals surface area (Å²) in [6, 6.07) is 6.43. The monoisotopic (exact) mass is 256 g/mol. The quantitative estimate of drug-likeness (QED) is 0.760. The standard InChI is InChI=1S/C7H7Cl2O2PS/c1-6-2-4-7(5-3-6)13(10,11)12(8)9/h2-5H,1H3. The Morgan fingerprint density at radius 3 is 2.00 bits per heavy atom. The molecular weight excluding hydrogens is 250 g/mol. The van der Waals surface area contributed by atoms with Gasteiger partial charge >= 0.3 is 0 Å². The third-order valence-corrected chi connectivity index (χ3v) is 7.72. The number of benzene rings is 1. The van der Waals surface area contributed by atoms with Crippen molar-refractivity contribution < 1.29 is 8.42 Å². The van der Waals surface area contributed by atoms with Crippen molar-refractivity contribution in [3.8, 4) is 0 Å². The lowest BCUT2D eigenvalue weighted by atomic mass is 10.2. The van der Waals surface area contributed by atoms with Gasteiger partial charge in [-0.1, -0.05) is 40.2 Å². The van der Waals surface area contributed by atoms with E-state index in [9.17, 15) is 8.42 Å². The van der Waals surface area contributed by atoms with Crippen LogP contribution in [0.3, 0.4) is 0 Å². The van der Waals surface area contributed by atoms with Gasteiger partial charge in [0.05, 0.1) is 4.90 Å². The van der Waals surface area contributed by atoms with Crippen molar-refractivity contribution in [2.75, 3.05) is 0 Å². The fourth-order valence-electron chi connectivity index (χ4n) is 0.790.